The number of anilines is 1. The van der Waals surface area contributed by atoms with Gasteiger partial charge >= 0.3 is 0 Å². The lowest BCUT2D eigenvalue weighted by molar-refractivity contribution is -0.140. The second-order valence-electron chi connectivity index (χ2n) is 9.25. The minimum atomic E-state index is -3.51. The highest BCUT2D eigenvalue weighted by Crippen LogP contribution is 2.20. The van der Waals surface area contributed by atoms with E-state index >= 15 is 0 Å². The van der Waals surface area contributed by atoms with Gasteiger partial charge in [0.1, 0.15) is 6.04 Å². The normalized spacial score (nSPS) is 12.3. The molecule has 2 rings (SSSR count). The summed E-state index contributed by atoms with van der Waals surface area (Å²) >= 11 is 0. The molecule has 0 spiro atoms. The minimum Gasteiger partial charge on any atom is -0.352 e. The van der Waals surface area contributed by atoms with Crippen molar-refractivity contribution in [2.75, 3.05) is 17.1 Å². The Labute approximate surface area is 210 Å². The molecule has 0 aromatic heterocycles. The molecule has 0 saturated carbocycles. The van der Waals surface area contributed by atoms with Crippen LogP contribution >= 0.6 is 0 Å². The van der Waals surface area contributed by atoms with Crippen molar-refractivity contribution in [3.8, 4) is 0 Å². The predicted molar refractivity (Wildman–Crippen MR) is 142 cm³/mol. The van der Waals surface area contributed by atoms with E-state index in [1.54, 1.807) is 24.0 Å². The van der Waals surface area contributed by atoms with Gasteiger partial charge in [0, 0.05) is 25.6 Å². The van der Waals surface area contributed by atoms with Crippen LogP contribution in [0.25, 0.3) is 0 Å². The Morgan fingerprint density at radius 3 is 2.17 bits per heavy atom. The molecule has 0 aliphatic heterocycles. The van der Waals surface area contributed by atoms with Crippen molar-refractivity contribution >= 4 is 27.5 Å². The number of hydrogen-bond acceptors (Lipinski definition) is 4. The lowest BCUT2D eigenvalue weighted by atomic mass is 10.1. The fourth-order valence-corrected chi connectivity index (χ4v) is 4.83. The summed E-state index contributed by atoms with van der Waals surface area (Å²) in [6.45, 7) is 10.00. The number of aryl methyl sites for hydroxylation is 2. The number of benzene rings is 2. The van der Waals surface area contributed by atoms with Crippen LogP contribution in [0.1, 0.15) is 57.2 Å². The van der Waals surface area contributed by atoms with Crippen LogP contribution in [0.15, 0.2) is 48.5 Å². The van der Waals surface area contributed by atoms with E-state index in [2.05, 4.69) is 5.32 Å². The van der Waals surface area contributed by atoms with E-state index in [0.29, 0.717) is 18.7 Å². The molecule has 1 N–H and O–H groups in total. The Hall–Kier alpha value is -2.87. The molecule has 0 saturated heterocycles. The van der Waals surface area contributed by atoms with Gasteiger partial charge in [0.25, 0.3) is 0 Å². The van der Waals surface area contributed by atoms with Crippen molar-refractivity contribution in [1.82, 2.24) is 10.2 Å². The molecular weight excluding hydrogens is 462 g/mol. The Morgan fingerprint density at radius 1 is 1.00 bits per heavy atom. The second-order valence-corrected chi connectivity index (χ2v) is 11.2. The molecule has 8 heteroatoms. The van der Waals surface area contributed by atoms with Crippen LogP contribution in [0, 0.1) is 6.92 Å². The maximum atomic E-state index is 13.3. The number of amides is 2. The van der Waals surface area contributed by atoms with E-state index in [-0.39, 0.29) is 30.8 Å². The van der Waals surface area contributed by atoms with Gasteiger partial charge in [-0.25, -0.2) is 8.42 Å². The molecule has 0 heterocycles. The fraction of sp³-hybridized carbons (Fsp3) is 0.481. The summed E-state index contributed by atoms with van der Waals surface area (Å²) < 4.78 is 26.2. The first-order valence-electron chi connectivity index (χ1n) is 12.1. The first-order valence-corrected chi connectivity index (χ1v) is 14.0. The Bertz CT molecular complexity index is 1100. The smallest absolute Gasteiger partial charge is 0.242 e. The average Bonchev–Trinajstić information content (AvgIpc) is 2.79. The van der Waals surface area contributed by atoms with Crippen LogP contribution in [0.2, 0.25) is 0 Å². The van der Waals surface area contributed by atoms with Crippen molar-refractivity contribution < 1.29 is 18.0 Å². The van der Waals surface area contributed by atoms with Gasteiger partial charge in [0.15, 0.2) is 0 Å². The molecule has 0 aliphatic rings. The quantitative estimate of drug-likeness (QED) is 0.475. The van der Waals surface area contributed by atoms with Gasteiger partial charge < -0.3 is 10.2 Å². The third-order valence-electron chi connectivity index (χ3n) is 5.98. The maximum Gasteiger partial charge on any atom is 0.242 e. The van der Waals surface area contributed by atoms with Crippen LogP contribution in [0.5, 0.6) is 0 Å². The lowest BCUT2D eigenvalue weighted by Crippen LogP contribution is -2.49. The van der Waals surface area contributed by atoms with Crippen LogP contribution in [0.3, 0.4) is 0 Å². The number of nitrogens with one attached hydrogen (secondary N) is 1. The van der Waals surface area contributed by atoms with E-state index in [1.165, 1.54) is 10.6 Å². The Balaban J connectivity index is 2.17. The maximum absolute atomic E-state index is 13.3. The Kier molecular flexibility index (Phi) is 10.3. The molecule has 1 atom stereocenters. The third kappa shape index (κ3) is 8.38. The summed E-state index contributed by atoms with van der Waals surface area (Å²) in [6.07, 6.45) is 2.51. The SMILES string of the molecule is CCc1ccc(N(CCCC(=O)N(Cc2ccccc2C)[C@@H](C)C(=O)NC(C)C)S(C)(=O)=O)cc1. The van der Waals surface area contributed by atoms with E-state index in [4.69, 9.17) is 0 Å². The van der Waals surface area contributed by atoms with Crippen molar-refractivity contribution in [2.45, 2.75) is 72.5 Å². The molecule has 2 amide bonds. The van der Waals surface area contributed by atoms with Crippen molar-refractivity contribution in [3.63, 3.8) is 0 Å². The zero-order chi connectivity index (χ0) is 26.2. The first kappa shape index (κ1) is 28.4. The number of rotatable bonds is 12. The highest BCUT2D eigenvalue weighted by molar-refractivity contribution is 7.92. The van der Waals surface area contributed by atoms with Crippen molar-refractivity contribution in [2.24, 2.45) is 0 Å². The number of hydrogen-bond donors (Lipinski definition) is 1. The third-order valence-corrected chi connectivity index (χ3v) is 7.18. The van der Waals surface area contributed by atoms with E-state index < -0.39 is 16.1 Å². The van der Waals surface area contributed by atoms with Crippen LogP contribution in [-0.4, -0.2) is 50.0 Å². The van der Waals surface area contributed by atoms with Crippen molar-refractivity contribution in [3.05, 3.63) is 65.2 Å². The van der Waals surface area contributed by atoms with Gasteiger partial charge in [0.2, 0.25) is 21.8 Å². The minimum absolute atomic E-state index is 0.0391. The van der Waals surface area contributed by atoms with Gasteiger partial charge in [-0.1, -0.05) is 43.3 Å². The predicted octanol–water partition coefficient (Wildman–Crippen LogP) is 4.05. The van der Waals surface area contributed by atoms with Crippen LogP contribution in [0.4, 0.5) is 5.69 Å². The summed E-state index contributed by atoms with van der Waals surface area (Å²) in [4.78, 5) is 27.6. The monoisotopic (exact) mass is 501 g/mol. The fourth-order valence-electron chi connectivity index (χ4n) is 3.86. The first-order chi connectivity index (χ1) is 16.4. The number of sulfonamides is 1. The highest BCUT2D eigenvalue weighted by atomic mass is 32.2. The molecule has 0 radical (unpaired) electrons. The van der Waals surface area contributed by atoms with Crippen molar-refractivity contribution in [1.29, 1.82) is 0 Å². The van der Waals surface area contributed by atoms with Crippen LogP contribution in [-0.2, 0) is 32.6 Å². The second kappa shape index (κ2) is 12.7. The van der Waals surface area contributed by atoms with E-state index in [0.717, 1.165) is 23.1 Å². The number of carbonyl (C=O) groups is 2. The summed E-state index contributed by atoms with van der Waals surface area (Å²) in [7, 11) is -3.51. The summed E-state index contributed by atoms with van der Waals surface area (Å²) in [5.74, 6) is -0.398. The molecular formula is C27H39N3O4S. The van der Waals surface area contributed by atoms with E-state index in [9.17, 15) is 18.0 Å². The lowest BCUT2D eigenvalue weighted by Gasteiger charge is -2.30. The molecule has 35 heavy (non-hydrogen) atoms. The summed E-state index contributed by atoms with van der Waals surface area (Å²) in [5, 5.41) is 2.88. The molecule has 0 unspecified atom stereocenters. The van der Waals surface area contributed by atoms with Gasteiger partial charge in [-0.3, -0.25) is 13.9 Å². The largest absolute Gasteiger partial charge is 0.352 e. The van der Waals surface area contributed by atoms with Crippen LogP contribution < -0.4 is 9.62 Å². The average molecular weight is 502 g/mol. The van der Waals surface area contributed by atoms with Gasteiger partial charge in [-0.05, 0) is 69.4 Å². The zero-order valence-corrected chi connectivity index (χ0v) is 22.6. The number of nitrogens with zero attached hydrogens (tertiary/aromatic N) is 2. The molecule has 192 valence electrons. The molecule has 2 aromatic rings. The highest BCUT2D eigenvalue weighted by Gasteiger charge is 2.27. The zero-order valence-electron chi connectivity index (χ0n) is 21.7. The van der Waals surface area contributed by atoms with Gasteiger partial charge in [0.05, 0.1) is 11.9 Å². The molecule has 7 nitrogen and oxygen atoms in total. The van der Waals surface area contributed by atoms with Gasteiger partial charge in [-0.2, -0.15) is 0 Å². The molecule has 0 fully saturated rings. The van der Waals surface area contributed by atoms with E-state index in [1.807, 2.05) is 64.1 Å². The standard InChI is InChI=1S/C27H39N3O4S/c1-7-23-14-16-25(17-15-23)30(35(6,33)34)18-10-13-26(31)29(22(5)27(32)28-20(2)3)19-24-12-9-8-11-21(24)4/h8-9,11-12,14-17,20,22H,7,10,13,18-19H2,1-6H3,(H,28,32)/t22-/m0/s1. The number of carbonyl (C=O) groups excluding carboxylic acids is 2. The molecule has 0 bridgehead atoms. The summed E-state index contributed by atoms with van der Waals surface area (Å²) in [6, 6.07) is 14.5. The van der Waals surface area contributed by atoms with Gasteiger partial charge in [-0.15, -0.1) is 0 Å². The molecule has 0 aliphatic carbocycles. The Morgan fingerprint density at radius 2 is 1.63 bits per heavy atom. The molecule has 2 aromatic carbocycles. The summed E-state index contributed by atoms with van der Waals surface area (Å²) in [5.41, 5.74) is 3.72. The topological polar surface area (TPSA) is 86.8 Å².